The quantitative estimate of drug-likeness (QED) is 0.816. The van der Waals surface area contributed by atoms with Gasteiger partial charge < -0.3 is 5.11 Å². The highest BCUT2D eigenvalue weighted by molar-refractivity contribution is 7.11. The van der Waals surface area contributed by atoms with Gasteiger partial charge in [0.1, 0.15) is 0 Å². The fourth-order valence-electron chi connectivity index (χ4n) is 1.31. The highest BCUT2D eigenvalue weighted by atomic mass is 32.1. The van der Waals surface area contributed by atoms with E-state index in [0.29, 0.717) is 6.42 Å². The predicted molar refractivity (Wildman–Crippen MR) is 56.8 cm³/mol. The van der Waals surface area contributed by atoms with Crippen molar-refractivity contribution in [2.24, 2.45) is 0 Å². The van der Waals surface area contributed by atoms with Crippen LogP contribution >= 0.6 is 11.3 Å². The van der Waals surface area contributed by atoms with Crippen molar-refractivity contribution < 1.29 is 9.90 Å². The number of hydrogen-bond acceptors (Lipinski definition) is 3. The van der Waals surface area contributed by atoms with Crippen molar-refractivity contribution in [3.63, 3.8) is 0 Å². The minimum Gasteiger partial charge on any atom is -0.481 e. The summed E-state index contributed by atoms with van der Waals surface area (Å²) < 4.78 is 0. The van der Waals surface area contributed by atoms with Crippen molar-refractivity contribution in [1.29, 1.82) is 0 Å². The molecule has 0 radical (unpaired) electrons. The molecule has 1 N–H and O–H groups in total. The summed E-state index contributed by atoms with van der Waals surface area (Å²) in [7, 11) is 0. The summed E-state index contributed by atoms with van der Waals surface area (Å²) in [5.74, 6) is -0.753. The lowest BCUT2D eigenvalue weighted by Gasteiger charge is -1.91. The molecule has 78 valence electrons. The van der Waals surface area contributed by atoms with E-state index in [2.05, 4.69) is 18.8 Å². The van der Waals surface area contributed by atoms with Gasteiger partial charge in [0.05, 0.1) is 17.1 Å². The van der Waals surface area contributed by atoms with E-state index in [0.717, 1.165) is 23.5 Å². The molecule has 1 heterocycles. The van der Waals surface area contributed by atoms with E-state index < -0.39 is 5.97 Å². The van der Waals surface area contributed by atoms with Crippen LogP contribution in [0.4, 0.5) is 0 Å². The predicted octanol–water partition coefficient (Wildman–Crippen LogP) is 2.29. The molecule has 0 fully saturated rings. The van der Waals surface area contributed by atoms with Crippen molar-refractivity contribution in [3.05, 3.63) is 15.6 Å². The van der Waals surface area contributed by atoms with E-state index in [1.54, 1.807) is 11.3 Å². The average molecular weight is 213 g/mol. The van der Waals surface area contributed by atoms with Crippen molar-refractivity contribution in [1.82, 2.24) is 4.98 Å². The molecule has 0 aliphatic rings. The van der Waals surface area contributed by atoms with Crippen LogP contribution in [0.15, 0.2) is 0 Å². The minimum atomic E-state index is -0.753. The van der Waals surface area contributed by atoms with Gasteiger partial charge in [-0.15, -0.1) is 11.3 Å². The molecule has 0 bridgehead atoms. The smallest absolute Gasteiger partial charge is 0.303 e. The lowest BCUT2D eigenvalue weighted by Crippen LogP contribution is -1.97. The third-order valence-corrected chi connectivity index (χ3v) is 3.33. The number of aromatic nitrogens is 1. The monoisotopic (exact) mass is 213 g/mol. The molecule has 4 heteroatoms. The number of rotatable bonds is 5. The topological polar surface area (TPSA) is 50.2 Å². The Bertz CT molecular complexity index is 298. The number of hydrogen-bond donors (Lipinski definition) is 1. The van der Waals surface area contributed by atoms with Gasteiger partial charge in [-0.25, -0.2) is 4.98 Å². The van der Waals surface area contributed by atoms with Gasteiger partial charge >= 0.3 is 5.97 Å². The molecule has 0 saturated heterocycles. The Morgan fingerprint density at radius 1 is 1.43 bits per heavy atom. The number of carboxylic acids is 1. The van der Waals surface area contributed by atoms with Gasteiger partial charge in [-0.2, -0.15) is 0 Å². The first-order chi connectivity index (χ1) is 6.67. The number of carboxylic acid groups (broad SMARTS) is 1. The number of nitrogens with zero attached hydrogens (tertiary/aromatic N) is 1. The number of carbonyl (C=O) groups is 1. The van der Waals surface area contributed by atoms with E-state index in [-0.39, 0.29) is 6.42 Å². The molecule has 14 heavy (non-hydrogen) atoms. The van der Waals surface area contributed by atoms with Crippen LogP contribution in [0.2, 0.25) is 0 Å². The molecular weight excluding hydrogens is 198 g/mol. The van der Waals surface area contributed by atoms with Gasteiger partial charge in [-0.3, -0.25) is 4.79 Å². The number of aryl methyl sites for hydroxylation is 3. The number of thiazole rings is 1. The molecule has 0 unspecified atom stereocenters. The van der Waals surface area contributed by atoms with E-state index in [9.17, 15) is 4.79 Å². The standard InChI is InChI=1S/C10H15NO2S/c1-3-7-8(4-2)14-9(11-7)5-6-10(12)13/h3-6H2,1-2H3,(H,12,13). The lowest BCUT2D eigenvalue weighted by atomic mass is 10.2. The van der Waals surface area contributed by atoms with Crippen LogP contribution in [0.5, 0.6) is 0 Å². The third-order valence-electron chi connectivity index (χ3n) is 2.03. The Hall–Kier alpha value is -0.900. The molecule has 0 atom stereocenters. The van der Waals surface area contributed by atoms with Crippen LogP contribution in [-0.2, 0) is 24.1 Å². The zero-order chi connectivity index (χ0) is 10.6. The minimum absolute atomic E-state index is 0.180. The van der Waals surface area contributed by atoms with Crippen LogP contribution in [0.25, 0.3) is 0 Å². The fourth-order valence-corrected chi connectivity index (χ4v) is 2.41. The highest BCUT2D eigenvalue weighted by Crippen LogP contribution is 2.20. The second-order valence-corrected chi connectivity index (χ2v) is 4.25. The summed E-state index contributed by atoms with van der Waals surface area (Å²) >= 11 is 1.65. The summed E-state index contributed by atoms with van der Waals surface area (Å²) in [5.41, 5.74) is 1.14. The van der Waals surface area contributed by atoms with Crippen molar-refractivity contribution in [2.45, 2.75) is 39.5 Å². The maximum absolute atomic E-state index is 10.4. The maximum atomic E-state index is 10.4. The summed E-state index contributed by atoms with van der Waals surface area (Å²) in [6, 6.07) is 0. The molecule has 0 spiro atoms. The van der Waals surface area contributed by atoms with E-state index >= 15 is 0 Å². The van der Waals surface area contributed by atoms with E-state index in [1.165, 1.54) is 4.88 Å². The molecule has 1 aromatic rings. The fraction of sp³-hybridized carbons (Fsp3) is 0.600. The molecule has 0 aromatic carbocycles. The first-order valence-electron chi connectivity index (χ1n) is 4.86. The second kappa shape index (κ2) is 5.10. The van der Waals surface area contributed by atoms with Gasteiger partial charge in [-0.05, 0) is 12.8 Å². The van der Waals surface area contributed by atoms with Crippen LogP contribution < -0.4 is 0 Å². The largest absolute Gasteiger partial charge is 0.481 e. The first-order valence-corrected chi connectivity index (χ1v) is 5.68. The Labute approximate surface area is 87.8 Å². The normalized spacial score (nSPS) is 10.4. The highest BCUT2D eigenvalue weighted by Gasteiger charge is 2.08. The Kier molecular flexibility index (Phi) is 4.07. The summed E-state index contributed by atoms with van der Waals surface area (Å²) in [5, 5.41) is 9.50. The molecule has 3 nitrogen and oxygen atoms in total. The summed E-state index contributed by atoms with van der Waals surface area (Å²) in [6.07, 6.45) is 2.67. The van der Waals surface area contributed by atoms with Crippen LogP contribution in [0, 0.1) is 0 Å². The van der Waals surface area contributed by atoms with Gasteiger partial charge in [0.2, 0.25) is 0 Å². The SMILES string of the molecule is CCc1nc(CCC(=O)O)sc1CC. The van der Waals surface area contributed by atoms with Gasteiger partial charge in [0, 0.05) is 11.3 Å². The Balaban J connectivity index is 2.69. The van der Waals surface area contributed by atoms with Crippen molar-refractivity contribution >= 4 is 17.3 Å². The molecule has 1 rings (SSSR count). The molecule has 0 saturated carbocycles. The molecule has 1 aromatic heterocycles. The van der Waals surface area contributed by atoms with Crippen LogP contribution in [0.1, 0.15) is 35.8 Å². The van der Waals surface area contributed by atoms with E-state index in [4.69, 9.17) is 5.11 Å². The lowest BCUT2D eigenvalue weighted by molar-refractivity contribution is -0.136. The Morgan fingerprint density at radius 2 is 2.14 bits per heavy atom. The summed E-state index contributed by atoms with van der Waals surface area (Å²) in [6.45, 7) is 4.18. The first kappa shape index (κ1) is 11.2. The van der Waals surface area contributed by atoms with Crippen LogP contribution in [-0.4, -0.2) is 16.1 Å². The molecular formula is C10H15NO2S. The average Bonchev–Trinajstić information content (AvgIpc) is 2.57. The van der Waals surface area contributed by atoms with Gasteiger partial charge in [0.25, 0.3) is 0 Å². The van der Waals surface area contributed by atoms with Crippen LogP contribution in [0.3, 0.4) is 0 Å². The van der Waals surface area contributed by atoms with Crippen molar-refractivity contribution in [2.75, 3.05) is 0 Å². The Morgan fingerprint density at radius 3 is 2.57 bits per heavy atom. The van der Waals surface area contributed by atoms with Crippen molar-refractivity contribution in [3.8, 4) is 0 Å². The number of aliphatic carboxylic acids is 1. The molecule has 0 aliphatic carbocycles. The molecule has 0 aliphatic heterocycles. The molecule has 0 amide bonds. The van der Waals surface area contributed by atoms with Gasteiger partial charge in [-0.1, -0.05) is 13.8 Å². The zero-order valence-corrected chi connectivity index (χ0v) is 9.36. The van der Waals surface area contributed by atoms with E-state index in [1.807, 2.05) is 0 Å². The maximum Gasteiger partial charge on any atom is 0.303 e. The zero-order valence-electron chi connectivity index (χ0n) is 8.54. The summed E-state index contributed by atoms with van der Waals surface area (Å²) in [4.78, 5) is 16.1. The van der Waals surface area contributed by atoms with Gasteiger partial charge in [0.15, 0.2) is 0 Å². The second-order valence-electron chi connectivity index (χ2n) is 3.08. The third kappa shape index (κ3) is 2.80.